The normalized spacial score (nSPS) is 15.8. The smallest absolute Gasteiger partial charge is 0.290 e. The summed E-state index contributed by atoms with van der Waals surface area (Å²) < 4.78 is 30.5. The van der Waals surface area contributed by atoms with Crippen LogP contribution in [0, 0.1) is 5.82 Å². The first kappa shape index (κ1) is 22.1. The summed E-state index contributed by atoms with van der Waals surface area (Å²) in [7, 11) is 3.06. The Morgan fingerprint density at radius 3 is 2.52 bits per heavy atom. The zero-order valence-corrected chi connectivity index (χ0v) is 18.1. The number of Topliss-reactive ketones (excluding diaryl/α,β-unsaturated/α-hetero) is 1. The van der Waals surface area contributed by atoms with E-state index in [0.717, 1.165) is 5.56 Å². The minimum absolute atomic E-state index is 0.0487. The van der Waals surface area contributed by atoms with Gasteiger partial charge in [0.1, 0.15) is 5.82 Å². The zero-order valence-electron chi connectivity index (χ0n) is 18.1. The Morgan fingerprint density at radius 2 is 1.85 bits per heavy atom. The monoisotopic (exact) mass is 451 g/mol. The van der Waals surface area contributed by atoms with E-state index in [2.05, 4.69) is 0 Å². The Kier molecular flexibility index (Phi) is 6.17. The third kappa shape index (κ3) is 4.07. The molecule has 2 heterocycles. The number of benzene rings is 2. The van der Waals surface area contributed by atoms with Gasteiger partial charge in [-0.3, -0.25) is 9.59 Å². The van der Waals surface area contributed by atoms with Crippen LogP contribution < -0.4 is 9.47 Å². The van der Waals surface area contributed by atoms with Crippen molar-refractivity contribution >= 4 is 11.7 Å². The van der Waals surface area contributed by atoms with Crippen molar-refractivity contribution in [1.82, 2.24) is 4.90 Å². The van der Waals surface area contributed by atoms with Crippen LogP contribution in [0.3, 0.4) is 0 Å². The molecular weight excluding hydrogens is 429 g/mol. The Labute approximate surface area is 189 Å². The number of rotatable bonds is 8. The first-order valence-corrected chi connectivity index (χ1v) is 10.2. The molecular formula is C25H22FNO6. The van der Waals surface area contributed by atoms with Crippen molar-refractivity contribution in [2.24, 2.45) is 0 Å². The lowest BCUT2D eigenvalue weighted by molar-refractivity contribution is -0.129. The summed E-state index contributed by atoms with van der Waals surface area (Å²) in [5.41, 5.74) is 0.725. The van der Waals surface area contributed by atoms with Crippen molar-refractivity contribution in [3.63, 3.8) is 0 Å². The minimum Gasteiger partial charge on any atom is -0.503 e. The van der Waals surface area contributed by atoms with E-state index in [1.807, 2.05) is 6.07 Å². The molecule has 0 unspecified atom stereocenters. The molecule has 0 aliphatic carbocycles. The number of furan rings is 1. The molecule has 0 fully saturated rings. The van der Waals surface area contributed by atoms with Crippen LogP contribution in [0.4, 0.5) is 4.39 Å². The van der Waals surface area contributed by atoms with Crippen molar-refractivity contribution in [1.29, 1.82) is 0 Å². The second-order valence-corrected chi connectivity index (χ2v) is 7.43. The van der Waals surface area contributed by atoms with Crippen molar-refractivity contribution in [2.75, 3.05) is 20.8 Å². The van der Waals surface area contributed by atoms with Crippen LogP contribution in [-0.2, 0) is 11.2 Å². The predicted octanol–water partition coefficient (Wildman–Crippen LogP) is 4.26. The highest BCUT2D eigenvalue weighted by Crippen LogP contribution is 2.40. The summed E-state index contributed by atoms with van der Waals surface area (Å²) >= 11 is 0. The molecule has 3 aromatic rings. The van der Waals surface area contributed by atoms with Crippen molar-refractivity contribution < 1.29 is 33.0 Å². The van der Waals surface area contributed by atoms with E-state index >= 15 is 0 Å². The third-order valence-electron chi connectivity index (χ3n) is 5.58. The first-order valence-electron chi connectivity index (χ1n) is 10.2. The van der Waals surface area contributed by atoms with E-state index in [1.165, 1.54) is 55.7 Å². The first-order chi connectivity index (χ1) is 16.0. The molecule has 170 valence electrons. The Hall–Kier alpha value is -4.07. The molecule has 0 radical (unpaired) electrons. The highest BCUT2D eigenvalue weighted by Gasteiger charge is 2.45. The molecule has 1 aromatic heterocycles. The van der Waals surface area contributed by atoms with Gasteiger partial charge in [-0.15, -0.1) is 0 Å². The molecule has 1 aliphatic rings. The van der Waals surface area contributed by atoms with E-state index < -0.39 is 29.3 Å². The molecule has 0 saturated heterocycles. The van der Waals surface area contributed by atoms with Crippen LogP contribution in [0.1, 0.15) is 27.7 Å². The van der Waals surface area contributed by atoms with Gasteiger partial charge in [0.05, 0.1) is 32.1 Å². The summed E-state index contributed by atoms with van der Waals surface area (Å²) in [6.07, 6.45) is 1.68. The molecule has 4 rings (SSSR count). The van der Waals surface area contributed by atoms with Crippen LogP contribution in [0.15, 0.2) is 76.6 Å². The van der Waals surface area contributed by atoms with Gasteiger partial charge in [0.25, 0.3) is 5.91 Å². The van der Waals surface area contributed by atoms with Crippen LogP contribution >= 0.6 is 0 Å². The van der Waals surface area contributed by atoms with Crippen LogP contribution in [0.2, 0.25) is 0 Å². The molecule has 33 heavy (non-hydrogen) atoms. The van der Waals surface area contributed by atoms with Gasteiger partial charge in [0.2, 0.25) is 5.78 Å². The number of aliphatic hydroxyl groups excluding tert-OH is 1. The average molecular weight is 451 g/mol. The van der Waals surface area contributed by atoms with E-state index in [-0.39, 0.29) is 23.4 Å². The Bertz CT molecular complexity index is 1220. The summed E-state index contributed by atoms with van der Waals surface area (Å²) in [4.78, 5) is 27.4. The maximum absolute atomic E-state index is 14.8. The topological polar surface area (TPSA) is 89.2 Å². The summed E-state index contributed by atoms with van der Waals surface area (Å²) in [5.74, 6) is -1.68. The predicted molar refractivity (Wildman–Crippen MR) is 117 cm³/mol. The number of hydrogen-bond donors (Lipinski definition) is 1. The molecule has 7 nitrogen and oxygen atoms in total. The van der Waals surface area contributed by atoms with Gasteiger partial charge in [0, 0.05) is 12.1 Å². The molecule has 1 N–H and O–H groups in total. The SMILES string of the molecule is COc1ccc(CCN2C(=O)C(O)=C(C(=O)c3ccco3)[C@@H]2c2ccccc2F)cc1OC. The van der Waals surface area contributed by atoms with Crippen LogP contribution in [0.5, 0.6) is 11.5 Å². The van der Waals surface area contributed by atoms with Gasteiger partial charge in [0.15, 0.2) is 23.0 Å². The van der Waals surface area contributed by atoms with Gasteiger partial charge in [-0.25, -0.2) is 4.39 Å². The lowest BCUT2D eigenvalue weighted by Crippen LogP contribution is -2.33. The molecule has 0 spiro atoms. The third-order valence-corrected chi connectivity index (χ3v) is 5.58. The Balaban J connectivity index is 1.69. The van der Waals surface area contributed by atoms with Gasteiger partial charge < -0.3 is 23.9 Å². The largest absolute Gasteiger partial charge is 0.503 e. The van der Waals surface area contributed by atoms with Gasteiger partial charge in [-0.05, 0) is 42.3 Å². The molecule has 1 amide bonds. The summed E-state index contributed by atoms with van der Waals surface area (Å²) in [5, 5.41) is 10.6. The minimum atomic E-state index is -1.10. The second kappa shape index (κ2) is 9.20. The molecule has 1 atom stereocenters. The van der Waals surface area contributed by atoms with E-state index in [9.17, 15) is 19.1 Å². The fraction of sp³-hybridized carbons (Fsp3) is 0.200. The maximum atomic E-state index is 14.8. The number of aliphatic hydroxyl groups is 1. The van der Waals surface area contributed by atoms with Gasteiger partial charge in [-0.2, -0.15) is 0 Å². The van der Waals surface area contributed by atoms with E-state index in [0.29, 0.717) is 17.9 Å². The van der Waals surface area contributed by atoms with Crippen molar-refractivity contribution in [2.45, 2.75) is 12.5 Å². The summed E-state index contributed by atoms with van der Waals surface area (Å²) in [6.45, 7) is 0.117. The van der Waals surface area contributed by atoms with E-state index in [4.69, 9.17) is 13.9 Å². The lowest BCUT2D eigenvalue weighted by Gasteiger charge is -2.27. The number of hydrogen-bond acceptors (Lipinski definition) is 6. The van der Waals surface area contributed by atoms with E-state index in [1.54, 1.807) is 18.2 Å². The van der Waals surface area contributed by atoms with Crippen LogP contribution in [0.25, 0.3) is 0 Å². The second-order valence-electron chi connectivity index (χ2n) is 7.43. The number of nitrogens with zero attached hydrogens (tertiary/aromatic N) is 1. The highest BCUT2D eigenvalue weighted by molar-refractivity contribution is 6.15. The number of ketones is 1. The standard InChI is InChI=1S/C25H22FNO6/c1-31-18-10-9-15(14-20(18)32-2)11-12-27-22(16-6-3-4-7-17(16)26)21(24(29)25(27)30)23(28)19-8-5-13-33-19/h3-10,13-14,22,29H,11-12H2,1-2H3/t22-/m0/s1. The number of methoxy groups -OCH3 is 2. The number of halogens is 1. The Morgan fingerprint density at radius 1 is 1.09 bits per heavy atom. The molecule has 0 bridgehead atoms. The quantitative estimate of drug-likeness (QED) is 0.515. The summed E-state index contributed by atoms with van der Waals surface area (Å²) in [6, 6.07) is 13.1. The fourth-order valence-corrected chi connectivity index (χ4v) is 3.96. The number of carbonyl (C=O) groups is 2. The molecule has 1 aliphatic heterocycles. The fourth-order valence-electron chi connectivity index (χ4n) is 3.96. The number of ether oxygens (including phenoxy) is 2. The zero-order chi connectivity index (χ0) is 23.5. The number of amides is 1. The van der Waals surface area contributed by atoms with Crippen molar-refractivity contribution in [3.05, 3.63) is 94.9 Å². The number of carbonyl (C=O) groups excluding carboxylic acids is 2. The van der Waals surface area contributed by atoms with Gasteiger partial charge >= 0.3 is 0 Å². The maximum Gasteiger partial charge on any atom is 0.290 e. The van der Waals surface area contributed by atoms with Crippen molar-refractivity contribution in [3.8, 4) is 11.5 Å². The highest BCUT2D eigenvalue weighted by atomic mass is 19.1. The van der Waals surface area contributed by atoms with Crippen LogP contribution in [-0.4, -0.2) is 42.5 Å². The average Bonchev–Trinajstić information content (AvgIpc) is 3.45. The molecule has 8 heteroatoms. The lowest BCUT2D eigenvalue weighted by atomic mass is 9.94. The molecule has 0 saturated carbocycles. The van der Waals surface area contributed by atoms with Gasteiger partial charge in [-0.1, -0.05) is 24.3 Å². The molecule has 2 aromatic carbocycles.